The fourth-order valence-corrected chi connectivity index (χ4v) is 1.33. The van der Waals surface area contributed by atoms with Crippen molar-refractivity contribution in [3.63, 3.8) is 0 Å². The molecule has 16 heavy (non-hydrogen) atoms. The van der Waals surface area contributed by atoms with Gasteiger partial charge < -0.3 is 4.74 Å². The quantitative estimate of drug-likeness (QED) is 0.580. The highest BCUT2D eigenvalue weighted by atomic mass is 16.5. The molecule has 0 saturated heterocycles. The molecule has 0 aliphatic carbocycles. The largest absolute Gasteiger partial charge is 0.459 e. The fraction of sp³-hybridized carbons (Fsp3) is 0.462. The van der Waals surface area contributed by atoms with Crippen LogP contribution in [-0.2, 0) is 4.74 Å². The van der Waals surface area contributed by atoms with Gasteiger partial charge in [0.05, 0.1) is 32.8 Å². The van der Waals surface area contributed by atoms with E-state index in [4.69, 9.17) is 4.74 Å². The van der Waals surface area contributed by atoms with Crippen LogP contribution in [0.3, 0.4) is 0 Å². The molecule has 0 fully saturated rings. The molecule has 0 aliphatic heterocycles. The molecule has 0 unspecified atom stereocenters. The number of benzene rings is 1. The highest BCUT2D eigenvalue weighted by Crippen LogP contribution is 2.17. The van der Waals surface area contributed by atoms with E-state index >= 15 is 0 Å². The van der Waals surface area contributed by atoms with Gasteiger partial charge >= 0.3 is 5.97 Å². The van der Waals surface area contributed by atoms with Crippen LogP contribution < -0.4 is 4.48 Å². The highest BCUT2D eigenvalue weighted by Gasteiger charge is 2.14. The molecule has 1 rings (SSSR count). The van der Waals surface area contributed by atoms with Crippen molar-refractivity contribution in [1.29, 1.82) is 0 Å². The van der Waals surface area contributed by atoms with Crippen LogP contribution in [0.5, 0.6) is 0 Å². The average molecular weight is 222 g/mol. The van der Waals surface area contributed by atoms with Crippen molar-refractivity contribution in [2.45, 2.75) is 20.0 Å². The lowest BCUT2D eigenvalue weighted by Gasteiger charge is -2.23. The van der Waals surface area contributed by atoms with Crippen molar-refractivity contribution >= 4 is 11.7 Å². The van der Waals surface area contributed by atoms with Crippen LogP contribution >= 0.6 is 0 Å². The van der Waals surface area contributed by atoms with Crippen molar-refractivity contribution in [3.05, 3.63) is 29.8 Å². The molecule has 0 aliphatic rings. The van der Waals surface area contributed by atoms with Gasteiger partial charge in [-0.1, -0.05) is 0 Å². The van der Waals surface area contributed by atoms with E-state index in [2.05, 4.69) is 21.1 Å². The number of rotatable bonds is 3. The molecule has 0 N–H and O–H groups in total. The van der Waals surface area contributed by atoms with Gasteiger partial charge in [0.25, 0.3) is 0 Å². The van der Waals surface area contributed by atoms with E-state index in [-0.39, 0.29) is 12.1 Å². The van der Waals surface area contributed by atoms with E-state index in [1.165, 1.54) is 0 Å². The van der Waals surface area contributed by atoms with Crippen LogP contribution in [0.4, 0.5) is 5.69 Å². The maximum Gasteiger partial charge on any atom is 0.338 e. The van der Waals surface area contributed by atoms with Gasteiger partial charge in [-0.15, -0.1) is 0 Å². The third kappa shape index (κ3) is 3.35. The molecule has 3 heteroatoms. The Hall–Kier alpha value is -1.35. The van der Waals surface area contributed by atoms with Gasteiger partial charge in [0, 0.05) is 0 Å². The third-order valence-corrected chi connectivity index (χ3v) is 2.22. The summed E-state index contributed by atoms with van der Waals surface area (Å²) in [6.45, 7) is 3.69. The van der Waals surface area contributed by atoms with E-state index < -0.39 is 0 Å². The number of ether oxygens (including phenoxy) is 1. The van der Waals surface area contributed by atoms with Crippen molar-refractivity contribution in [3.8, 4) is 0 Å². The Balaban J connectivity index is 2.83. The summed E-state index contributed by atoms with van der Waals surface area (Å²) in [7, 11) is 6.25. The Morgan fingerprint density at radius 2 is 1.62 bits per heavy atom. The summed E-state index contributed by atoms with van der Waals surface area (Å²) >= 11 is 0. The standard InChI is InChI=1S/C13H20NO2/c1-10(2)16-13(15)11-6-8-12(9-7-11)14(3,4)5/h6-10H,1-5H3/q+1. The predicted octanol–water partition coefficient (Wildman–Crippen LogP) is 2.45. The molecule has 0 saturated carbocycles. The summed E-state index contributed by atoms with van der Waals surface area (Å²) in [5.74, 6) is -0.261. The van der Waals surface area contributed by atoms with Gasteiger partial charge in [-0.3, -0.25) is 4.48 Å². The Morgan fingerprint density at radius 1 is 1.12 bits per heavy atom. The summed E-state index contributed by atoms with van der Waals surface area (Å²) in [5, 5.41) is 0. The zero-order valence-corrected chi connectivity index (χ0v) is 10.7. The maximum absolute atomic E-state index is 11.6. The molecular weight excluding hydrogens is 202 g/mol. The zero-order valence-electron chi connectivity index (χ0n) is 10.7. The van der Waals surface area contributed by atoms with Crippen LogP contribution in [0, 0.1) is 0 Å². The number of hydrogen-bond acceptors (Lipinski definition) is 2. The van der Waals surface area contributed by atoms with E-state index in [0.717, 1.165) is 10.2 Å². The van der Waals surface area contributed by atoms with E-state index in [0.29, 0.717) is 5.56 Å². The summed E-state index contributed by atoms with van der Waals surface area (Å²) in [6.07, 6.45) is -0.0782. The van der Waals surface area contributed by atoms with Gasteiger partial charge in [0.2, 0.25) is 0 Å². The first-order valence-corrected chi connectivity index (χ1v) is 5.44. The monoisotopic (exact) mass is 222 g/mol. The molecule has 0 aromatic heterocycles. The number of carbonyl (C=O) groups excluding carboxylic acids is 1. The minimum Gasteiger partial charge on any atom is -0.459 e. The van der Waals surface area contributed by atoms with E-state index in [1.54, 1.807) is 0 Å². The fourth-order valence-electron chi connectivity index (χ4n) is 1.33. The maximum atomic E-state index is 11.6. The molecule has 0 heterocycles. The zero-order chi connectivity index (χ0) is 12.3. The summed E-state index contributed by atoms with van der Waals surface area (Å²) in [6, 6.07) is 7.53. The molecule has 88 valence electrons. The summed E-state index contributed by atoms with van der Waals surface area (Å²) in [5.41, 5.74) is 1.76. The summed E-state index contributed by atoms with van der Waals surface area (Å²) < 4.78 is 5.85. The van der Waals surface area contributed by atoms with Crippen LogP contribution in [0.15, 0.2) is 24.3 Å². The normalized spacial score (nSPS) is 11.6. The van der Waals surface area contributed by atoms with E-state index in [9.17, 15) is 4.79 Å². The SMILES string of the molecule is CC(C)OC(=O)c1ccc([N+](C)(C)C)cc1. The first-order valence-electron chi connectivity index (χ1n) is 5.44. The van der Waals surface area contributed by atoms with Crippen LogP contribution in [0.25, 0.3) is 0 Å². The molecule has 1 aromatic rings. The second-order valence-electron chi connectivity index (χ2n) is 5.01. The molecule has 3 nitrogen and oxygen atoms in total. The highest BCUT2D eigenvalue weighted by molar-refractivity contribution is 5.89. The third-order valence-electron chi connectivity index (χ3n) is 2.22. The van der Waals surface area contributed by atoms with Crippen molar-refractivity contribution in [2.75, 3.05) is 21.1 Å². The Morgan fingerprint density at radius 3 is 2.00 bits per heavy atom. The number of hydrogen-bond donors (Lipinski definition) is 0. The average Bonchev–Trinajstić information content (AvgIpc) is 2.15. The lowest BCUT2D eigenvalue weighted by Crippen LogP contribution is -2.34. The van der Waals surface area contributed by atoms with Crippen LogP contribution in [0.1, 0.15) is 24.2 Å². The number of esters is 1. The Kier molecular flexibility index (Phi) is 3.70. The van der Waals surface area contributed by atoms with Gasteiger partial charge in [-0.05, 0) is 38.1 Å². The van der Waals surface area contributed by atoms with Crippen LogP contribution in [-0.4, -0.2) is 33.2 Å². The second-order valence-corrected chi connectivity index (χ2v) is 5.01. The van der Waals surface area contributed by atoms with Crippen molar-refractivity contribution in [1.82, 2.24) is 4.48 Å². The van der Waals surface area contributed by atoms with Gasteiger partial charge in [0.15, 0.2) is 0 Å². The summed E-state index contributed by atoms with van der Waals surface area (Å²) in [4.78, 5) is 11.6. The molecule has 0 radical (unpaired) electrons. The second kappa shape index (κ2) is 4.66. The minimum absolute atomic E-state index is 0.0782. The van der Waals surface area contributed by atoms with Gasteiger partial charge in [-0.2, -0.15) is 0 Å². The first kappa shape index (κ1) is 12.7. The minimum atomic E-state index is -0.261. The Bertz CT molecular complexity index is 361. The number of quaternary nitrogens is 1. The van der Waals surface area contributed by atoms with Gasteiger partial charge in [0.1, 0.15) is 5.69 Å². The molecule has 0 amide bonds. The first-order chi connectivity index (χ1) is 7.30. The number of nitrogens with zero attached hydrogens (tertiary/aromatic N) is 1. The molecule has 0 atom stereocenters. The topological polar surface area (TPSA) is 26.3 Å². The van der Waals surface area contributed by atoms with E-state index in [1.807, 2.05) is 38.1 Å². The van der Waals surface area contributed by atoms with Gasteiger partial charge in [-0.25, -0.2) is 4.79 Å². The molecular formula is C13H20NO2+. The molecule has 1 aromatic carbocycles. The number of carbonyl (C=O) groups is 1. The van der Waals surface area contributed by atoms with Crippen molar-refractivity contribution < 1.29 is 9.53 Å². The van der Waals surface area contributed by atoms with Crippen LogP contribution in [0.2, 0.25) is 0 Å². The lowest BCUT2D eigenvalue weighted by atomic mass is 10.2. The molecule has 0 spiro atoms. The smallest absolute Gasteiger partial charge is 0.338 e. The predicted molar refractivity (Wildman–Crippen MR) is 66.6 cm³/mol. The lowest BCUT2D eigenvalue weighted by molar-refractivity contribution is 0.0378. The van der Waals surface area contributed by atoms with Crippen molar-refractivity contribution in [2.24, 2.45) is 0 Å². The Labute approximate surface area is 97.2 Å². The molecule has 0 bridgehead atoms.